The summed E-state index contributed by atoms with van der Waals surface area (Å²) in [6.07, 6.45) is 1.16. The first-order valence-electron chi connectivity index (χ1n) is 5.41. The summed E-state index contributed by atoms with van der Waals surface area (Å²) in [5.41, 5.74) is 0.435. The maximum Gasteiger partial charge on any atom is 0.252 e. The topological polar surface area (TPSA) is 63.2 Å². The fourth-order valence-corrected chi connectivity index (χ4v) is 1.78. The standard InChI is InChI=1S/C12H17NO3S2/c1-12(2,18(3,15)16)8-13-11(14)9-6-4-5-7-10(9)17/h4-7,17H,8H2,1-3H3,(H,13,14). The Balaban J connectivity index is 2.77. The minimum atomic E-state index is -3.22. The van der Waals surface area contributed by atoms with E-state index in [9.17, 15) is 13.2 Å². The molecule has 0 aliphatic carbocycles. The number of thiol groups is 1. The fourth-order valence-electron chi connectivity index (χ4n) is 1.19. The van der Waals surface area contributed by atoms with Gasteiger partial charge in [-0.05, 0) is 26.0 Å². The lowest BCUT2D eigenvalue weighted by Gasteiger charge is -2.22. The molecule has 0 heterocycles. The first kappa shape index (κ1) is 15.0. The highest BCUT2D eigenvalue weighted by Crippen LogP contribution is 2.15. The summed E-state index contributed by atoms with van der Waals surface area (Å²) in [6.45, 7) is 3.22. The summed E-state index contributed by atoms with van der Waals surface area (Å²) in [5.74, 6) is -0.322. The maximum atomic E-state index is 11.9. The van der Waals surface area contributed by atoms with Crippen LogP contribution in [0.25, 0.3) is 0 Å². The number of sulfone groups is 1. The van der Waals surface area contributed by atoms with Gasteiger partial charge in [-0.1, -0.05) is 12.1 Å². The summed E-state index contributed by atoms with van der Waals surface area (Å²) in [5, 5.41) is 2.62. The zero-order valence-electron chi connectivity index (χ0n) is 10.6. The van der Waals surface area contributed by atoms with E-state index in [4.69, 9.17) is 0 Å². The van der Waals surface area contributed by atoms with Crippen molar-refractivity contribution in [2.24, 2.45) is 0 Å². The van der Waals surface area contributed by atoms with Crippen molar-refractivity contribution in [1.82, 2.24) is 5.32 Å². The van der Waals surface area contributed by atoms with Gasteiger partial charge in [-0.2, -0.15) is 0 Å². The molecule has 4 nitrogen and oxygen atoms in total. The molecule has 0 atom stereocenters. The van der Waals surface area contributed by atoms with Gasteiger partial charge in [0.05, 0.1) is 10.3 Å². The summed E-state index contributed by atoms with van der Waals surface area (Å²) in [4.78, 5) is 12.4. The molecule has 1 N–H and O–H groups in total. The Bertz CT molecular complexity index is 550. The second-order valence-electron chi connectivity index (χ2n) is 4.73. The molecule has 1 rings (SSSR count). The lowest BCUT2D eigenvalue weighted by molar-refractivity contribution is 0.0947. The van der Waals surface area contributed by atoms with Gasteiger partial charge in [0.15, 0.2) is 9.84 Å². The third-order valence-corrected chi connectivity index (χ3v) is 5.37. The van der Waals surface area contributed by atoms with E-state index in [0.29, 0.717) is 10.5 Å². The van der Waals surface area contributed by atoms with Crippen molar-refractivity contribution in [3.8, 4) is 0 Å². The highest BCUT2D eigenvalue weighted by atomic mass is 32.2. The first-order chi connectivity index (χ1) is 8.15. The quantitative estimate of drug-likeness (QED) is 0.826. The van der Waals surface area contributed by atoms with Crippen LogP contribution in [0.3, 0.4) is 0 Å². The maximum absolute atomic E-state index is 11.9. The Kier molecular flexibility index (Phi) is 4.45. The lowest BCUT2D eigenvalue weighted by atomic mass is 10.2. The van der Waals surface area contributed by atoms with Crippen LogP contribution in [0.5, 0.6) is 0 Å². The molecule has 6 heteroatoms. The average molecular weight is 287 g/mol. The normalized spacial score (nSPS) is 12.2. The van der Waals surface area contributed by atoms with Gasteiger partial charge in [0.2, 0.25) is 0 Å². The number of benzene rings is 1. The highest BCUT2D eigenvalue weighted by Gasteiger charge is 2.30. The van der Waals surface area contributed by atoms with E-state index in [-0.39, 0.29) is 12.5 Å². The van der Waals surface area contributed by atoms with Crippen molar-refractivity contribution in [3.63, 3.8) is 0 Å². The Morgan fingerprint density at radius 1 is 1.33 bits per heavy atom. The molecule has 1 aromatic rings. The molecule has 0 saturated carbocycles. The SMILES string of the molecule is CC(C)(CNC(=O)c1ccccc1S)S(C)(=O)=O. The lowest BCUT2D eigenvalue weighted by Crippen LogP contribution is -2.43. The van der Waals surface area contributed by atoms with Crippen molar-refractivity contribution in [2.75, 3.05) is 12.8 Å². The Morgan fingerprint density at radius 3 is 2.39 bits per heavy atom. The molecule has 0 aliphatic heterocycles. The first-order valence-corrected chi connectivity index (χ1v) is 7.75. The van der Waals surface area contributed by atoms with E-state index in [1.165, 1.54) is 0 Å². The van der Waals surface area contributed by atoms with Crippen LogP contribution in [0.1, 0.15) is 24.2 Å². The van der Waals surface area contributed by atoms with Crippen molar-refractivity contribution >= 4 is 28.4 Å². The van der Waals surface area contributed by atoms with Gasteiger partial charge in [-0.15, -0.1) is 12.6 Å². The van der Waals surface area contributed by atoms with E-state index in [1.807, 2.05) is 0 Å². The Hall–Kier alpha value is -1.01. The van der Waals surface area contributed by atoms with E-state index in [2.05, 4.69) is 17.9 Å². The van der Waals surface area contributed by atoms with Crippen LogP contribution in [0.2, 0.25) is 0 Å². The second kappa shape index (κ2) is 5.32. The molecule has 18 heavy (non-hydrogen) atoms. The molecule has 1 amide bonds. The molecule has 100 valence electrons. The molecule has 1 aromatic carbocycles. The van der Waals surface area contributed by atoms with Gasteiger partial charge in [-0.25, -0.2) is 8.42 Å². The fraction of sp³-hybridized carbons (Fsp3) is 0.417. The molecule has 0 radical (unpaired) electrons. The summed E-state index contributed by atoms with van der Waals surface area (Å²) >= 11 is 4.18. The van der Waals surface area contributed by atoms with Crippen molar-refractivity contribution in [3.05, 3.63) is 29.8 Å². The van der Waals surface area contributed by atoms with Crippen LogP contribution in [-0.4, -0.2) is 31.9 Å². The Morgan fingerprint density at radius 2 is 1.89 bits per heavy atom. The van der Waals surface area contributed by atoms with Gasteiger partial charge < -0.3 is 5.32 Å². The predicted molar refractivity (Wildman–Crippen MR) is 75.0 cm³/mol. The third-order valence-electron chi connectivity index (χ3n) is 2.83. The minimum Gasteiger partial charge on any atom is -0.350 e. The number of carbonyl (C=O) groups excluding carboxylic acids is 1. The molecule has 0 aliphatic rings. The molecular weight excluding hydrogens is 270 g/mol. The van der Waals surface area contributed by atoms with Crippen LogP contribution in [0, 0.1) is 0 Å². The zero-order chi connectivity index (χ0) is 14.0. The molecule has 0 saturated heterocycles. The molecule has 0 spiro atoms. The van der Waals surface area contributed by atoms with Crippen LogP contribution in [0.4, 0.5) is 0 Å². The van der Waals surface area contributed by atoms with Gasteiger partial charge in [-0.3, -0.25) is 4.79 Å². The van der Waals surface area contributed by atoms with Crippen molar-refractivity contribution in [2.45, 2.75) is 23.5 Å². The Labute approximate surface area is 113 Å². The average Bonchev–Trinajstić information content (AvgIpc) is 2.25. The molecular formula is C12H17NO3S2. The minimum absolute atomic E-state index is 0.0623. The smallest absolute Gasteiger partial charge is 0.252 e. The number of carbonyl (C=O) groups is 1. The summed E-state index contributed by atoms with van der Waals surface area (Å²) in [6, 6.07) is 6.86. The number of rotatable bonds is 4. The van der Waals surface area contributed by atoms with Gasteiger partial charge in [0, 0.05) is 17.7 Å². The van der Waals surface area contributed by atoms with E-state index in [0.717, 1.165) is 6.26 Å². The van der Waals surface area contributed by atoms with Crippen molar-refractivity contribution < 1.29 is 13.2 Å². The largest absolute Gasteiger partial charge is 0.350 e. The second-order valence-corrected chi connectivity index (χ2v) is 7.86. The highest BCUT2D eigenvalue weighted by molar-refractivity contribution is 7.92. The molecule has 0 unspecified atom stereocenters. The summed E-state index contributed by atoms with van der Waals surface area (Å²) < 4.78 is 22.0. The monoisotopic (exact) mass is 287 g/mol. The van der Waals surface area contributed by atoms with E-state index >= 15 is 0 Å². The number of hydrogen-bond acceptors (Lipinski definition) is 4. The predicted octanol–water partition coefficient (Wildman–Crippen LogP) is 1.53. The zero-order valence-corrected chi connectivity index (χ0v) is 12.3. The van der Waals surface area contributed by atoms with Gasteiger partial charge in [0.1, 0.15) is 0 Å². The number of hydrogen-bond donors (Lipinski definition) is 2. The molecule has 0 aromatic heterocycles. The number of nitrogens with one attached hydrogen (secondary N) is 1. The number of amides is 1. The molecule has 0 fully saturated rings. The molecule has 0 bridgehead atoms. The van der Waals surface area contributed by atoms with Crippen molar-refractivity contribution in [1.29, 1.82) is 0 Å². The third kappa shape index (κ3) is 3.49. The van der Waals surface area contributed by atoms with E-state index < -0.39 is 14.6 Å². The van der Waals surface area contributed by atoms with Crippen LogP contribution < -0.4 is 5.32 Å². The van der Waals surface area contributed by atoms with Gasteiger partial charge in [0.25, 0.3) is 5.91 Å². The van der Waals surface area contributed by atoms with Crippen LogP contribution in [0.15, 0.2) is 29.2 Å². The summed E-state index contributed by atoms with van der Waals surface area (Å²) in [7, 11) is -3.22. The van der Waals surface area contributed by atoms with Crippen LogP contribution >= 0.6 is 12.6 Å². The van der Waals surface area contributed by atoms with E-state index in [1.54, 1.807) is 38.1 Å². The van der Waals surface area contributed by atoms with Gasteiger partial charge >= 0.3 is 0 Å². The van der Waals surface area contributed by atoms with Crippen LogP contribution in [-0.2, 0) is 9.84 Å².